The molecule has 1 aliphatic heterocycles. The van der Waals surface area contributed by atoms with Gasteiger partial charge in [-0.15, -0.1) is 0 Å². The number of nitrogens with one attached hydrogen (secondary N) is 1. The highest BCUT2D eigenvalue weighted by Crippen LogP contribution is 2.36. The van der Waals surface area contributed by atoms with E-state index in [0.717, 1.165) is 29.7 Å². The predicted octanol–water partition coefficient (Wildman–Crippen LogP) is 3.25. The van der Waals surface area contributed by atoms with E-state index in [9.17, 15) is 9.59 Å². The molecule has 2 amide bonds. The largest absolute Gasteiger partial charge is 0.351 e. The number of aryl methyl sites for hydroxylation is 2. The molecule has 0 radical (unpaired) electrons. The van der Waals surface area contributed by atoms with Crippen LogP contribution in [0.5, 0.6) is 0 Å². The van der Waals surface area contributed by atoms with Gasteiger partial charge >= 0.3 is 0 Å². The van der Waals surface area contributed by atoms with Crippen LogP contribution in [0.15, 0.2) is 18.2 Å². The third kappa shape index (κ3) is 2.99. The monoisotopic (exact) mass is 314 g/mol. The second kappa shape index (κ2) is 5.99. The van der Waals surface area contributed by atoms with Crippen molar-refractivity contribution in [3.8, 4) is 0 Å². The Bertz CT molecular complexity index is 614. The number of rotatable bonds is 3. The van der Waals surface area contributed by atoms with Crippen LogP contribution >= 0.6 is 0 Å². The number of carbonyl (C=O) groups excluding carboxylic acids is 2. The molecule has 2 fully saturated rings. The quantitative estimate of drug-likeness (QED) is 0.931. The molecular weight excluding hydrogens is 288 g/mol. The summed E-state index contributed by atoms with van der Waals surface area (Å²) in [6, 6.07) is 6.35. The van der Waals surface area contributed by atoms with Gasteiger partial charge in [0, 0.05) is 18.2 Å². The minimum Gasteiger partial charge on any atom is -0.351 e. The molecule has 4 heteroatoms. The van der Waals surface area contributed by atoms with Gasteiger partial charge in [-0.25, -0.2) is 0 Å². The molecule has 1 saturated heterocycles. The number of nitrogens with zero attached hydrogens (tertiary/aromatic N) is 1. The summed E-state index contributed by atoms with van der Waals surface area (Å²) in [7, 11) is 0. The standard InChI is InChI=1S/C19H26N2O2/c1-13-10-14(2)12-16(11-13)21-17(22)8-9-19(21,3)18(23)20-15-6-4-5-7-15/h10-12,15H,4-9H2,1-3H3,(H,20,23)/t19-/m1/s1. The normalized spacial score (nSPS) is 25.2. The molecule has 23 heavy (non-hydrogen) atoms. The van der Waals surface area contributed by atoms with E-state index in [1.807, 2.05) is 32.9 Å². The molecule has 0 aromatic heterocycles. The smallest absolute Gasteiger partial charge is 0.246 e. The van der Waals surface area contributed by atoms with E-state index in [0.29, 0.717) is 12.8 Å². The number of amides is 2. The van der Waals surface area contributed by atoms with Crippen LogP contribution in [-0.4, -0.2) is 23.4 Å². The van der Waals surface area contributed by atoms with Crippen LogP contribution < -0.4 is 10.2 Å². The van der Waals surface area contributed by atoms with Crippen LogP contribution in [0.25, 0.3) is 0 Å². The van der Waals surface area contributed by atoms with Crippen LogP contribution in [0.2, 0.25) is 0 Å². The van der Waals surface area contributed by atoms with E-state index in [4.69, 9.17) is 0 Å². The number of hydrogen-bond acceptors (Lipinski definition) is 2. The Labute approximate surface area is 138 Å². The molecule has 3 rings (SSSR count). The summed E-state index contributed by atoms with van der Waals surface area (Å²) in [5.74, 6) is 0.0356. The van der Waals surface area contributed by atoms with Gasteiger partial charge in [-0.1, -0.05) is 18.9 Å². The van der Waals surface area contributed by atoms with Crippen LogP contribution in [0.4, 0.5) is 5.69 Å². The molecule has 1 heterocycles. The Morgan fingerprint density at radius 3 is 2.39 bits per heavy atom. The van der Waals surface area contributed by atoms with Crippen molar-refractivity contribution in [2.75, 3.05) is 4.90 Å². The fourth-order valence-corrected chi connectivity index (χ4v) is 3.98. The van der Waals surface area contributed by atoms with Crippen LogP contribution in [0, 0.1) is 13.8 Å². The van der Waals surface area contributed by atoms with Gasteiger partial charge in [0.15, 0.2) is 0 Å². The van der Waals surface area contributed by atoms with E-state index in [1.54, 1.807) is 4.90 Å². The van der Waals surface area contributed by atoms with Crippen molar-refractivity contribution in [2.24, 2.45) is 0 Å². The molecule has 4 nitrogen and oxygen atoms in total. The van der Waals surface area contributed by atoms with Crippen molar-refractivity contribution >= 4 is 17.5 Å². The first-order valence-corrected chi connectivity index (χ1v) is 8.62. The first kappa shape index (κ1) is 16.0. The average Bonchev–Trinajstić information content (AvgIpc) is 3.07. The number of benzene rings is 1. The zero-order chi connectivity index (χ0) is 16.6. The molecule has 1 aliphatic carbocycles. The Morgan fingerprint density at radius 2 is 1.78 bits per heavy atom. The molecule has 1 aromatic rings. The topological polar surface area (TPSA) is 49.4 Å². The molecule has 0 spiro atoms. The molecule has 1 atom stereocenters. The van der Waals surface area contributed by atoms with Crippen molar-refractivity contribution in [1.29, 1.82) is 0 Å². The first-order valence-electron chi connectivity index (χ1n) is 8.62. The second-order valence-electron chi connectivity index (χ2n) is 7.30. The summed E-state index contributed by atoms with van der Waals surface area (Å²) < 4.78 is 0. The lowest BCUT2D eigenvalue weighted by Gasteiger charge is -2.35. The summed E-state index contributed by atoms with van der Waals surface area (Å²) >= 11 is 0. The highest BCUT2D eigenvalue weighted by molar-refractivity contribution is 6.06. The van der Waals surface area contributed by atoms with Gasteiger partial charge in [0.05, 0.1) is 0 Å². The summed E-state index contributed by atoms with van der Waals surface area (Å²) in [6.45, 7) is 5.94. The Morgan fingerprint density at radius 1 is 1.17 bits per heavy atom. The lowest BCUT2D eigenvalue weighted by atomic mass is 9.96. The maximum absolute atomic E-state index is 12.9. The SMILES string of the molecule is Cc1cc(C)cc(N2C(=O)CC[C@]2(C)C(=O)NC2CCCC2)c1. The Kier molecular flexibility index (Phi) is 4.17. The number of carbonyl (C=O) groups is 2. The molecule has 0 bridgehead atoms. The maximum Gasteiger partial charge on any atom is 0.246 e. The minimum atomic E-state index is -0.778. The third-order valence-corrected chi connectivity index (χ3v) is 5.21. The average molecular weight is 314 g/mol. The third-order valence-electron chi connectivity index (χ3n) is 5.21. The zero-order valence-electron chi connectivity index (χ0n) is 14.3. The van der Waals surface area contributed by atoms with E-state index in [1.165, 1.54) is 12.8 Å². The molecule has 1 aromatic carbocycles. The lowest BCUT2D eigenvalue weighted by Crippen LogP contribution is -2.56. The molecule has 1 N–H and O–H groups in total. The van der Waals surface area contributed by atoms with E-state index >= 15 is 0 Å². The van der Waals surface area contributed by atoms with Gasteiger partial charge in [-0.2, -0.15) is 0 Å². The van der Waals surface area contributed by atoms with Crippen molar-refractivity contribution < 1.29 is 9.59 Å². The molecule has 0 unspecified atom stereocenters. The summed E-state index contributed by atoms with van der Waals surface area (Å²) in [5.41, 5.74) is 2.28. The van der Waals surface area contributed by atoms with Crippen LogP contribution in [0.1, 0.15) is 56.6 Å². The van der Waals surface area contributed by atoms with E-state index < -0.39 is 5.54 Å². The molecule has 124 valence electrons. The lowest BCUT2D eigenvalue weighted by molar-refractivity contribution is -0.127. The zero-order valence-corrected chi connectivity index (χ0v) is 14.3. The fourth-order valence-electron chi connectivity index (χ4n) is 3.98. The van der Waals surface area contributed by atoms with Crippen LogP contribution in [0.3, 0.4) is 0 Å². The number of anilines is 1. The van der Waals surface area contributed by atoms with E-state index in [-0.39, 0.29) is 17.9 Å². The van der Waals surface area contributed by atoms with Gasteiger partial charge < -0.3 is 5.32 Å². The fraction of sp³-hybridized carbons (Fsp3) is 0.579. The summed E-state index contributed by atoms with van der Waals surface area (Å²) in [4.78, 5) is 27.1. The van der Waals surface area contributed by atoms with E-state index in [2.05, 4.69) is 11.4 Å². The molecule has 2 aliphatic rings. The van der Waals surface area contributed by atoms with Gasteiger partial charge in [0.25, 0.3) is 0 Å². The van der Waals surface area contributed by atoms with Crippen molar-refractivity contribution in [2.45, 2.75) is 70.9 Å². The van der Waals surface area contributed by atoms with Crippen LogP contribution in [-0.2, 0) is 9.59 Å². The molecular formula is C19H26N2O2. The van der Waals surface area contributed by atoms with Gasteiger partial charge in [0.2, 0.25) is 11.8 Å². The van der Waals surface area contributed by atoms with Crippen molar-refractivity contribution in [3.63, 3.8) is 0 Å². The summed E-state index contributed by atoms with van der Waals surface area (Å²) in [5, 5.41) is 3.18. The van der Waals surface area contributed by atoms with Gasteiger partial charge in [-0.3, -0.25) is 14.5 Å². The van der Waals surface area contributed by atoms with Crippen molar-refractivity contribution in [1.82, 2.24) is 5.32 Å². The molecule has 1 saturated carbocycles. The maximum atomic E-state index is 12.9. The summed E-state index contributed by atoms with van der Waals surface area (Å²) in [6.07, 6.45) is 5.49. The highest BCUT2D eigenvalue weighted by Gasteiger charge is 2.48. The Hall–Kier alpha value is -1.84. The number of hydrogen-bond donors (Lipinski definition) is 1. The first-order chi connectivity index (χ1) is 10.9. The van der Waals surface area contributed by atoms with Crippen molar-refractivity contribution in [3.05, 3.63) is 29.3 Å². The van der Waals surface area contributed by atoms with Gasteiger partial charge in [0.1, 0.15) is 5.54 Å². The minimum absolute atomic E-state index is 0.00518. The second-order valence-corrected chi connectivity index (χ2v) is 7.30. The highest BCUT2D eigenvalue weighted by atomic mass is 16.2. The predicted molar refractivity (Wildman–Crippen MR) is 91.4 cm³/mol. The Balaban J connectivity index is 1.89. The van der Waals surface area contributed by atoms with Gasteiger partial charge in [-0.05, 0) is 63.3 Å².